The van der Waals surface area contributed by atoms with Gasteiger partial charge >= 0.3 is 6.09 Å². The van der Waals surface area contributed by atoms with Crippen LogP contribution in [-0.2, 0) is 4.74 Å². The zero-order chi connectivity index (χ0) is 16.0. The van der Waals surface area contributed by atoms with E-state index in [4.69, 9.17) is 10.5 Å². The Labute approximate surface area is 129 Å². The lowest BCUT2D eigenvalue weighted by atomic mass is 10.1. The fraction of sp³-hybridized carbons (Fsp3) is 0.938. The molecule has 0 aromatic rings. The first-order chi connectivity index (χ1) is 9.73. The lowest BCUT2D eigenvalue weighted by molar-refractivity contribution is 0.0520. The summed E-state index contributed by atoms with van der Waals surface area (Å²) in [6.45, 7) is 12.4. The number of carbonyl (C=O) groups is 1. The van der Waals surface area contributed by atoms with Crippen LogP contribution in [0.25, 0.3) is 0 Å². The molecule has 5 heteroatoms. The maximum Gasteiger partial charge on any atom is 0.407 e. The number of rotatable bonds is 8. The summed E-state index contributed by atoms with van der Waals surface area (Å²) >= 11 is 0. The quantitative estimate of drug-likeness (QED) is 0.722. The topological polar surface area (TPSA) is 67.6 Å². The zero-order valence-electron chi connectivity index (χ0n) is 14.3. The predicted octanol–water partition coefficient (Wildman–Crippen LogP) is 2.35. The first-order valence-electron chi connectivity index (χ1n) is 8.15. The van der Waals surface area contributed by atoms with Gasteiger partial charge in [0.2, 0.25) is 0 Å². The number of hydrogen-bond donors (Lipinski definition) is 2. The van der Waals surface area contributed by atoms with E-state index in [9.17, 15) is 4.79 Å². The standard InChI is InChI=1S/C16H33N3O2/c1-12(2)11-19(13-6-7-13)14(10-17)8-9-18-15(20)21-16(3,4)5/h12-14H,6-11,17H2,1-5H3,(H,18,20). The van der Waals surface area contributed by atoms with E-state index in [1.54, 1.807) is 0 Å². The molecule has 0 radical (unpaired) electrons. The van der Waals surface area contributed by atoms with Crippen molar-refractivity contribution in [2.24, 2.45) is 11.7 Å². The van der Waals surface area contributed by atoms with Crippen molar-refractivity contribution in [3.05, 3.63) is 0 Å². The van der Waals surface area contributed by atoms with Gasteiger partial charge in [-0.3, -0.25) is 4.90 Å². The Bertz CT molecular complexity index is 322. The van der Waals surface area contributed by atoms with Crippen LogP contribution in [0.4, 0.5) is 4.79 Å². The number of nitrogens with one attached hydrogen (secondary N) is 1. The van der Waals surface area contributed by atoms with Crippen LogP contribution in [-0.4, -0.2) is 48.3 Å². The first kappa shape index (κ1) is 18.2. The summed E-state index contributed by atoms with van der Waals surface area (Å²) < 4.78 is 5.24. The van der Waals surface area contributed by atoms with Crippen LogP contribution in [0.15, 0.2) is 0 Å². The second-order valence-electron chi connectivity index (χ2n) is 7.43. The van der Waals surface area contributed by atoms with Gasteiger partial charge in [-0.25, -0.2) is 4.79 Å². The Morgan fingerprint density at radius 1 is 1.38 bits per heavy atom. The minimum absolute atomic E-state index is 0.342. The minimum Gasteiger partial charge on any atom is -0.444 e. The number of carbonyl (C=O) groups excluding carboxylic acids is 1. The zero-order valence-corrected chi connectivity index (χ0v) is 14.3. The summed E-state index contributed by atoms with van der Waals surface area (Å²) in [4.78, 5) is 14.2. The number of alkyl carbamates (subject to hydrolysis) is 1. The molecule has 0 aromatic carbocycles. The van der Waals surface area contributed by atoms with Crippen molar-refractivity contribution >= 4 is 6.09 Å². The van der Waals surface area contributed by atoms with E-state index in [-0.39, 0.29) is 6.09 Å². The highest BCUT2D eigenvalue weighted by Crippen LogP contribution is 2.29. The molecule has 0 saturated heterocycles. The molecule has 0 aromatic heterocycles. The lowest BCUT2D eigenvalue weighted by Crippen LogP contribution is -2.46. The molecule has 1 rings (SSSR count). The second kappa shape index (κ2) is 7.99. The SMILES string of the molecule is CC(C)CN(C(CN)CCNC(=O)OC(C)(C)C)C1CC1. The summed E-state index contributed by atoms with van der Waals surface area (Å²) in [5.74, 6) is 0.637. The van der Waals surface area contributed by atoms with Crippen LogP contribution in [0.3, 0.4) is 0 Å². The van der Waals surface area contributed by atoms with E-state index in [0.717, 1.165) is 13.0 Å². The third kappa shape index (κ3) is 7.67. The number of nitrogens with two attached hydrogens (primary N) is 1. The molecule has 1 fully saturated rings. The van der Waals surface area contributed by atoms with Crippen LogP contribution in [0.5, 0.6) is 0 Å². The molecule has 5 nitrogen and oxygen atoms in total. The largest absolute Gasteiger partial charge is 0.444 e. The van der Waals surface area contributed by atoms with Crippen LogP contribution in [0.2, 0.25) is 0 Å². The predicted molar refractivity (Wildman–Crippen MR) is 86.3 cm³/mol. The molecule has 3 N–H and O–H groups in total. The van der Waals surface area contributed by atoms with Crippen LogP contribution in [0.1, 0.15) is 53.9 Å². The monoisotopic (exact) mass is 299 g/mol. The van der Waals surface area contributed by atoms with Gasteiger partial charge in [-0.1, -0.05) is 13.8 Å². The van der Waals surface area contributed by atoms with Crippen LogP contribution >= 0.6 is 0 Å². The van der Waals surface area contributed by atoms with Gasteiger partial charge in [-0.15, -0.1) is 0 Å². The van der Waals surface area contributed by atoms with E-state index in [1.165, 1.54) is 12.8 Å². The van der Waals surface area contributed by atoms with Crippen molar-refractivity contribution in [3.63, 3.8) is 0 Å². The molecule has 0 spiro atoms. The molecule has 124 valence electrons. The van der Waals surface area contributed by atoms with Crippen LogP contribution < -0.4 is 11.1 Å². The third-order valence-electron chi connectivity index (χ3n) is 3.48. The van der Waals surface area contributed by atoms with Crippen molar-refractivity contribution in [1.82, 2.24) is 10.2 Å². The van der Waals surface area contributed by atoms with Gasteiger partial charge in [0.15, 0.2) is 0 Å². The number of amides is 1. The summed E-state index contributed by atoms with van der Waals surface area (Å²) in [7, 11) is 0. The van der Waals surface area contributed by atoms with Gasteiger partial charge < -0.3 is 15.8 Å². The molecule has 1 unspecified atom stereocenters. The van der Waals surface area contributed by atoms with Crippen LogP contribution in [0, 0.1) is 5.92 Å². The number of nitrogens with zero attached hydrogens (tertiary/aromatic N) is 1. The number of hydrogen-bond acceptors (Lipinski definition) is 4. The third-order valence-corrected chi connectivity index (χ3v) is 3.48. The molecule has 0 heterocycles. The van der Waals surface area contributed by atoms with Crippen molar-refractivity contribution in [2.45, 2.75) is 71.6 Å². The van der Waals surface area contributed by atoms with Gasteiger partial charge in [0.25, 0.3) is 0 Å². The van der Waals surface area contributed by atoms with Gasteiger partial charge in [-0.2, -0.15) is 0 Å². The molecular formula is C16H33N3O2. The maximum atomic E-state index is 11.6. The molecule has 21 heavy (non-hydrogen) atoms. The maximum absolute atomic E-state index is 11.6. The Morgan fingerprint density at radius 2 is 2.00 bits per heavy atom. The first-order valence-corrected chi connectivity index (χ1v) is 8.15. The molecule has 1 amide bonds. The number of ether oxygens (including phenoxy) is 1. The van der Waals surface area contributed by atoms with Gasteiger partial charge in [0.1, 0.15) is 5.60 Å². The molecule has 1 saturated carbocycles. The summed E-state index contributed by atoms with van der Waals surface area (Å²) in [6.07, 6.45) is 3.09. The average molecular weight is 299 g/mol. The van der Waals surface area contributed by atoms with Gasteiger partial charge in [0.05, 0.1) is 0 Å². The fourth-order valence-corrected chi connectivity index (χ4v) is 2.50. The van der Waals surface area contributed by atoms with E-state index < -0.39 is 5.60 Å². The van der Waals surface area contributed by atoms with E-state index in [0.29, 0.717) is 31.1 Å². The molecule has 1 atom stereocenters. The summed E-state index contributed by atoms with van der Waals surface area (Å²) in [5, 5.41) is 2.83. The molecule has 0 bridgehead atoms. The molecule has 0 aliphatic heterocycles. The van der Waals surface area contributed by atoms with Gasteiger partial charge in [-0.05, 0) is 46.0 Å². The van der Waals surface area contributed by atoms with E-state index in [2.05, 4.69) is 24.1 Å². The Kier molecular flexibility index (Phi) is 6.94. The van der Waals surface area contributed by atoms with Crippen molar-refractivity contribution in [2.75, 3.05) is 19.6 Å². The Hall–Kier alpha value is -0.810. The highest BCUT2D eigenvalue weighted by atomic mass is 16.6. The van der Waals surface area contributed by atoms with Crippen molar-refractivity contribution < 1.29 is 9.53 Å². The van der Waals surface area contributed by atoms with Gasteiger partial charge in [0, 0.05) is 31.7 Å². The summed E-state index contributed by atoms with van der Waals surface area (Å²) in [6, 6.07) is 1.04. The molecule has 1 aliphatic rings. The smallest absolute Gasteiger partial charge is 0.407 e. The van der Waals surface area contributed by atoms with Crippen molar-refractivity contribution in [3.8, 4) is 0 Å². The molecular weight excluding hydrogens is 266 g/mol. The average Bonchev–Trinajstić information content (AvgIpc) is 3.13. The highest BCUT2D eigenvalue weighted by Gasteiger charge is 2.33. The lowest BCUT2D eigenvalue weighted by Gasteiger charge is -2.32. The highest BCUT2D eigenvalue weighted by molar-refractivity contribution is 5.67. The normalized spacial score (nSPS) is 17.1. The second-order valence-corrected chi connectivity index (χ2v) is 7.43. The van der Waals surface area contributed by atoms with E-state index in [1.807, 2.05) is 20.8 Å². The molecule has 1 aliphatic carbocycles. The minimum atomic E-state index is -0.449. The Morgan fingerprint density at radius 3 is 2.43 bits per heavy atom. The summed E-state index contributed by atoms with van der Waals surface area (Å²) in [5.41, 5.74) is 5.50. The Balaban J connectivity index is 2.37. The van der Waals surface area contributed by atoms with Crippen molar-refractivity contribution in [1.29, 1.82) is 0 Å². The van der Waals surface area contributed by atoms with E-state index >= 15 is 0 Å². The fourth-order valence-electron chi connectivity index (χ4n) is 2.50.